The smallest absolute Gasteiger partial charge is 0.251 e. The fraction of sp³-hybridized carbons (Fsp3) is 0.238. The van der Waals surface area contributed by atoms with Crippen LogP contribution in [0.2, 0.25) is 5.02 Å². The third-order valence-electron chi connectivity index (χ3n) is 4.52. The van der Waals surface area contributed by atoms with Crippen molar-refractivity contribution in [1.29, 1.82) is 0 Å². The molecule has 0 unspecified atom stereocenters. The number of rotatable bonds is 9. The number of nitrogens with one attached hydrogen (secondary N) is 1. The lowest BCUT2D eigenvalue weighted by atomic mass is 10.1. The molecule has 2 aromatic carbocycles. The fourth-order valence-corrected chi connectivity index (χ4v) is 3.72. The molecule has 3 aromatic rings. The maximum Gasteiger partial charge on any atom is 0.251 e. The molecule has 0 fully saturated rings. The van der Waals surface area contributed by atoms with E-state index < -0.39 is 6.04 Å². The SMILES string of the molecule is COc1ccc(C(=O)N[C@@H](CO)c2nnc(SCC(=O)c3ccc(Cl)cc3)n2C)cc1. The Hall–Kier alpha value is -2.88. The molecule has 0 saturated heterocycles. The summed E-state index contributed by atoms with van der Waals surface area (Å²) in [6.07, 6.45) is 0. The Bertz CT molecular complexity index is 1050. The van der Waals surface area contributed by atoms with E-state index in [9.17, 15) is 14.7 Å². The van der Waals surface area contributed by atoms with E-state index >= 15 is 0 Å². The Kier molecular flexibility index (Phi) is 7.67. The molecule has 1 atom stereocenters. The number of hydrogen-bond donors (Lipinski definition) is 2. The highest BCUT2D eigenvalue weighted by Gasteiger charge is 2.22. The summed E-state index contributed by atoms with van der Waals surface area (Å²) < 4.78 is 6.73. The number of benzene rings is 2. The molecule has 1 heterocycles. The van der Waals surface area contributed by atoms with Gasteiger partial charge >= 0.3 is 0 Å². The number of nitrogens with zero attached hydrogens (tertiary/aromatic N) is 3. The van der Waals surface area contributed by atoms with Crippen molar-refractivity contribution < 1.29 is 19.4 Å². The van der Waals surface area contributed by atoms with Crippen molar-refractivity contribution in [2.45, 2.75) is 11.2 Å². The summed E-state index contributed by atoms with van der Waals surface area (Å²) in [7, 11) is 3.26. The lowest BCUT2D eigenvalue weighted by Crippen LogP contribution is -2.32. The Morgan fingerprint density at radius 2 is 1.77 bits per heavy atom. The van der Waals surface area contributed by atoms with E-state index in [1.54, 1.807) is 67.3 Å². The lowest BCUT2D eigenvalue weighted by Gasteiger charge is -2.16. The molecule has 1 amide bonds. The van der Waals surface area contributed by atoms with E-state index in [1.165, 1.54) is 11.8 Å². The summed E-state index contributed by atoms with van der Waals surface area (Å²) in [6, 6.07) is 12.5. The summed E-state index contributed by atoms with van der Waals surface area (Å²) in [6.45, 7) is -0.359. The molecule has 0 aliphatic carbocycles. The largest absolute Gasteiger partial charge is 0.497 e. The first-order chi connectivity index (χ1) is 14.9. The predicted octanol–water partition coefficient (Wildman–Crippen LogP) is 2.92. The number of amides is 1. The average Bonchev–Trinajstić information content (AvgIpc) is 3.16. The van der Waals surface area contributed by atoms with E-state index in [4.69, 9.17) is 16.3 Å². The zero-order valence-electron chi connectivity index (χ0n) is 16.9. The number of ether oxygens (including phenoxy) is 1. The number of ketones is 1. The first kappa shape index (κ1) is 22.8. The summed E-state index contributed by atoms with van der Waals surface area (Å²) >= 11 is 7.07. The van der Waals surface area contributed by atoms with Gasteiger partial charge in [0.2, 0.25) is 0 Å². The molecule has 3 rings (SSSR count). The van der Waals surface area contributed by atoms with Gasteiger partial charge in [0.1, 0.15) is 11.8 Å². The Balaban J connectivity index is 1.65. The van der Waals surface area contributed by atoms with Gasteiger partial charge in [-0.2, -0.15) is 0 Å². The molecule has 0 saturated carbocycles. The molecule has 0 aliphatic heterocycles. The van der Waals surface area contributed by atoms with Gasteiger partial charge in [-0.05, 0) is 48.5 Å². The minimum Gasteiger partial charge on any atom is -0.497 e. The number of Topliss-reactive ketones (excluding diaryl/α,β-unsaturated/α-hetero) is 1. The van der Waals surface area contributed by atoms with Crippen molar-refractivity contribution in [3.05, 3.63) is 70.5 Å². The second-order valence-electron chi connectivity index (χ2n) is 6.56. The Morgan fingerprint density at radius 1 is 1.13 bits per heavy atom. The van der Waals surface area contributed by atoms with Crippen LogP contribution in [0.4, 0.5) is 0 Å². The number of carbonyl (C=O) groups is 2. The van der Waals surface area contributed by atoms with Gasteiger partial charge < -0.3 is 19.7 Å². The van der Waals surface area contributed by atoms with Crippen LogP contribution in [0.15, 0.2) is 53.7 Å². The van der Waals surface area contributed by atoms with Crippen LogP contribution < -0.4 is 10.1 Å². The van der Waals surface area contributed by atoms with Crippen molar-refractivity contribution in [2.75, 3.05) is 19.5 Å². The molecular weight excluding hydrogens is 440 g/mol. The highest BCUT2D eigenvalue weighted by atomic mass is 35.5. The van der Waals surface area contributed by atoms with E-state index in [-0.39, 0.29) is 24.1 Å². The second kappa shape index (κ2) is 10.4. The number of methoxy groups -OCH3 is 1. The number of aliphatic hydroxyl groups is 1. The molecule has 0 radical (unpaired) electrons. The predicted molar refractivity (Wildman–Crippen MR) is 118 cm³/mol. The van der Waals surface area contributed by atoms with Crippen molar-refractivity contribution in [2.24, 2.45) is 7.05 Å². The van der Waals surface area contributed by atoms with Gasteiger partial charge in [-0.25, -0.2) is 0 Å². The van der Waals surface area contributed by atoms with E-state index in [0.29, 0.717) is 32.9 Å². The summed E-state index contributed by atoms with van der Waals surface area (Å²) in [5.41, 5.74) is 0.976. The molecule has 10 heteroatoms. The van der Waals surface area contributed by atoms with Crippen LogP contribution in [0, 0.1) is 0 Å². The molecule has 31 heavy (non-hydrogen) atoms. The van der Waals surface area contributed by atoms with E-state index in [0.717, 1.165) is 0 Å². The molecule has 0 spiro atoms. The number of thioether (sulfide) groups is 1. The zero-order chi connectivity index (χ0) is 22.4. The van der Waals surface area contributed by atoms with E-state index in [2.05, 4.69) is 15.5 Å². The van der Waals surface area contributed by atoms with Gasteiger partial charge in [0.05, 0.1) is 19.5 Å². The minimum atomic E-state index is -0.756. The third kappa shape index (κ3) is 5.63. The molecule has 8 nitrogen and oxygen atoms in total. The van der Waals surface area contributed by atoms with Crippen LogP contribution >= 0.6 is 23.4 Å². The Morgan fingerprint density at radius 3 is 2.39 bits per heavy atom. The molecular formula is C21H21ClN4O4S. The van der Waals surface area contributed by atoms with Crippen molar-refractivity contribution in [3.63, 3.8) is 0 Å². The zero-order valence-corrected chi connectivity index (χ0v) is 18.5. The molecule has 162 valence electrons. The van der Waals surface area contributed by atoms with Gasteiger partial charge in [0.25, 0.3) is 5.91 Å². The number of aromatic nitrogens is 3. The highest BCUT2D eigenvalue weighted by molar-refractivity contribution is 7.99. The van der Waals surface area contributed by atoms with E-state index in [1.807, 2.05) is 0 Å². The van der Waals surface area contributed by atoms with Crippen LogP contribution in [0.5, 0.6) is 5.75 Å². The van der Waals surface area contributed by atoms with Crippen LogP contribution in [0.1, 0.15) is 32.6 Å². The number of carbonyl (C=O) groups excluding carboxylic acids is 2. The van der Waals surface area contributed by atoms with Crippen LogP contribution in [0.3, 0.4) is 0 Å². The van der Waals surface area contributed by atoms with Crippen LogP contribution in [0.25, 0.3) is 0 Å². The fourth-order valence-electron chi connectivity index (χ4n) is 2.78. The molecule has 0 aliphatic rings. The first-order valence-corrected chi connectivity index (χ1v) is 10.7. The van der Waals surface area contributed by atoms with Gasteiger partial charge in [-0.15, -0.1) is 10.2 Å². The molecule has 1 aromatic heterocycles. The quantitative estimate of drug-likeness (QED) is 0.373. The Labute approximate surface area is 188 Å². The monoisotopic (exact) mass is 460 g/mol. The van der Waals surface area contributed by atoms with Gasteiger partial charge in [0.15, 0.2) is 16.8 Å². The number of halogens is 1. The van der Waals surface area contributed by atoms with Gasteiger partial charge in [-0.1, -0.05) is 23.4 Å². The lowest BCUT2D eigenvalue weighted by molar-refractivity contribution is 0.0911. The summed E-state index contributed by atoms with van der Waals surface area (Å²) in [5.74, 6) is 0.744. The topological polar surface area (TPSA) is 106 Å². The third-order valence-corrected chi connectivity index (χ3v) is 5.79. The van der Waals surface area contributed by atoms with Crippen molar-refractivity contribution in [3.8, 4) is 5.75 Å². The average molecular weight is 461 g/mol. The summed E-state index contributed by atoms with van der Waals surface area (Å²) in [5, 5.41) is 21.8. The molecule has 2 N–H and O–H groups in total. The maximum absolute atomic E-state index is 12.5. The normalized spacial score (nSPS) is 11.7. The maximum atomic E-state index is 12.5. The second-order valence-corrected chi connectivity index (χ2v) is 7.93. The number of hydrogen-bond acceptors (Lipinski definition) is 7. The van der Waals surface area contributed by atoms with Crippen molar-refractivity contribution in [1.82, 2.24) is 20.1 Å². The van der Waals surface area contributed by atoms with Crippen molar-refractivity contribution >= 4 is 35.1 Å². The van der Waals surface area contributed by atoms with Crippen LogP contribution in [-0.2, 0) is 7.05 Å². The minimum absolute atomic E-state index is 0.0715. The first-order valence-electron chi connectivity index (χ1n) is 9.29. The van der Waals surface area contributed by atoms with Crippen LogP contribution in [-0.4, -0.2) is 51.0 Å². The molecule has 0 bridgehead atoms. The van der Waals surface area contributed by atoms with Gasteiger partial charge in [-0.3, -0.25) is 9.59 Å². The highest BCUT2D eigenvalue weighted by Crippen LogP contribution is 2.21. The van der Waals surface area contributed by atoms with Gasteiger partial charge in [0, 0.05) is 23.2 Å². The standard InChI is InChI=1S/C21H21ClN4O4S/c1-26-19(17(11-27)23-20(29)14-5-9-16(30-2)10-6-14)24-25-21(26)31-12-18(28)13-3-7-15(22)8-4-13/h3-10,17,27H,11-12H2,1-2H3,(H,23,29)/t17-/m0/s1. The summed E-state index contributed by atoms with van der Waals surface area (Å²) in [4.78, 5) is 24.9. The number of aliphatic hydroxyl groups excluding tert-OH is 1.